The van der Waals surface area contributed by atoms with E-state index in [1.165, 1.54) is 11.3 Å². The van der Waals surface area contributed by atoms with Crippen LogP contribution >= 0.6 is 11.3 Å². The molecular formula is C16H11N5O2S. The highest BCUT2D eigenvalue weighted by atomic mass is 32.1. The molecule has 0 bridgehead atoms. The summed E-state index contributed by atoms with van der Waals surface area (Å²) in [6.07, 6.45) is 3.14. The SMILES string of the molecule is c1ccc2c(c1)OC[C@@H](c1nnc3sc(-c4ccncc4)nn13)O2. The van der Waals surface area contributed by atoms with Gasteiger partial charge in [-0.05, 0) is 24.3 Å². The molecule has 0 aliphatic carbocycles. The lowest BCUT2D eigenvalue weighted by atomic mass is 10.2. The van der Waals surface area contributed by atoms with E-state index in [4.69, 9.17) is 9.47 Å². The van der Waals surface area contributed by atoms with Crippen molar-refractivity contribution < 1.29 is 9.47 Å². The normalized spacial score (nSPS) is 16.4. The third-order valence-corrected chi connectivity index (χ3v) is 4.69. The van der Waals surface area contributed by atoms with Crippen LogP contribution in [-0.4, -0.2) is 31.4 Å². The summed E-state index contributed by atoms with van der Waals surface area (Å²) in [4.78, 5) is 4.75. The van der Waals surface area contributed by atoms with Crippen LogP contribution in [-0.2, 0) is 0 Å². The highest BCUT2D eigenvalue weighted by Gasteiger charge is 2.28. The number of aromatic nitrogens is 5. The van der Waals surface area contributed by atoms with Crippen LogP contribution in [0.15, 0.2) is 48.8 Å². The van der Waals surface area contributed by atoms with Crippen molar-refractivity contribution >= 4 is 16.3 Å². The molecule has 7 nitrogen and oxygen atoms in total. The summed E-state index contributed by atoms with van der Waals surface area (Å²) in [5.41, 5.74) is 0.998. The average Bonchev–Trinajstić information content (AvgIpc) is 3.23. The maximum absolute atomic E-state index is 6.01. The highest BCUT2D eigenvalue weighted by molar-refractivity contribution is 7.19. The summed E-state index contributed by atoms with van der Waals surface area (Å²) in [6.45, 7) is 0.375. The van der Waals surface area contributed by atoms with Crippen LogP contribution in [0.1, 0.15) is 11.9 Å². The molecular weight excluding hydrogens is 326 g/mol. The molecule has 0 saturated carbocycles. The van der Waals surface area contributed by atoms with Gasteiger partial charge in [-0.2, -0.15) is 9.61 Å². The van der Waals surface area contributed by atoms with E-state index < -0.39 is 0 Å². The molecule has 5 rings (SSSR count). The van der Waals surface area contributed by atoms with Crippen LogP contribution in [0.4, 0.5) is 0 Å². The average molecular weight is 337 g/mol. The van der Waals surface area contributed by atoms with Crippen molar-refractivity contribution in [2.75, 3.05) is 6.61 Å². The van der Waals surface area contributed by atoms with Gasteiger partial charge < -0.3 is 9.47 Å². The van der Waals surface area contributed by atoms with Crippen molar-refractivity contribution in [1.82, 2.24) is 24.8 Å². The molecule has 0 fully saturated rings. The molecule has 0 spiro atoms. The minimum absolute atomic E-state index is 0.345. The lowest BCUT2D eigenvalue weighted by Gasteiger charge is -2.24. The van der Waals surface area contributed by atoms with E-state index >= 15 is 0 Å². The van der Waals surface area contributed by atoms with Gasteiger partial charge in [0, 0.05) is 18.0 Å². The third-order valence-electron chi connectivity index (χ3n) is 3.74. The Morgan fingerprint density at radius 2 is 1.88 bits per heavy atom. The predicted molar refractivity (Wildman–Crippen MR) is 87.2 cm³/mol. The van der Waals surface area contributed by atoms with E-state index in [2.05, 4.69) is 20.3 Å². The summed E-state index contributed by atoms with van der Waals surface area (Å²) in [7, 11) is 0. The van der Waals surface area contributed by atoms with Crippen LogP contribution in [0.25, 0.3) is 15.5 Å². The van der Waals surface area contributed by atoms with Crippen molar-refractivity contribution in [3.63, 3.8) is 0 Å². The molecule has 0 radical (unpaired) electrons. The van der Waals surface area contributed by atoms with Gasteiger partial charge in [-0.15, -0.1) is 10.2 Å². The first kappa shape index (κ1) is 13.4. The molecule has 24 heavy (non-hydrogen) atoms. The Morgan fingerprint density at radius 1 is 1.04 bits per heavy atom. The van der Waals surface area contributed by atoms with Crippen LogP contribution in [0.5, 0.6) is 11.5 Å². The maximum Gasteiger partial charge on any atom is 0.235 e. The van der Waals surface area contributed by atoms with E-state index in [1.807, 2.05) is 36.4 Å². The second kappa shape index (κ2) is 5.27. The van der Waals surface area contributed by atoms with E-state index in [-0.39, 0.29) is 6.10 Å². The topological polar surface area (TPSA) is 74.4 Å². The van der Waals surface area contributed by atoms with E-state index in [0.717, 1.165) is 21.3 Å². The minimum atomic E-state index is -0.345. The Balaban J connectivity index is 1.53. The molecule has 1 aliphatic rings. The van der Waals surface area contributed by atoms with Gasteiger partial charge in [0.2, 0.25) is 4.96 Å². The molecule has 0 amide bonds. The fourth-order valence-corrected chi connectivity index (χ4v) is 3.44. The first-order valence-electron chi connectivity index (χ1n) is 7.39. The maximum atomic E-state index is 6.01. The molecule has 1 aromatic carbocycles. The summed E-state index contributed by atoms with van der Waals surface area (Å²) < 4.78 is 13.5. The van der Waals surface area contributed by atoms with Crippen molar-refractivity contribution in [2.45, 2.75) is 6.10 Å². The van der Waals surface area contributed by atoms with Gasteiger partial charge in [-0.1, -0.05) is 23.5 Å². The number of nitrogens with zero attached hydrogens (tertiary/aromatic N) is 5. The predicted octanol–water partition coefficient (Wildman–Crippen LogP) is 2.76. The first-order valence-corrected chi connectivity index (χ1v) is 8.21. The smallest absolute Gasteiger partial charge is 0.235 e. The van der Waals surface area contributed by atoms with Gasteiger partial charge in [0.25, 0.3) is 0 Å². The Bertz CT molecular complexity index is 1010. The van der Waals surface area contributed by atoms with Gasteiger partial charge in [-0.25, -0.2) is 0 Å². The zero-order valence-corrected chi connectivity index (χ0v) is 13.2. The van der Waals surface area contributed by atoms with Crippen LogP contribution in [0.2, 0.25) is 0 Å². The van der Waals surface area contributed by atoms with Gasteiger partial charge in [0.1, 0.15) is 11.6 Å². The third kappa shape index (κ3) is 2.11. The van der Waals surface area contributed by atoms with Gasteiger partial charge in [0.05, 0.1) is 0 Å². The number of benzene rings is 1. The number of fused-ring (bicyclic) bond motifs is 2. The number of rotatable bonds is 2. The second-order valence-electron chi connectivity index (χ2n) is 5.26. The van der Waals surface area contributed by atoms with E-state index in [0.29, 0.717) is 18.2 Å². The number of ether oxygens (including phenoxy) is 2. The number of hydrogen-bond acceptors (Lipinski definition) is 7. The molecule has 0 N–H and O–H groups in total. The van der Waals surface area contributed by atoms with Crippen molar-refractivity contribution in [3.05, 3.63) is 54.6 Å². The summed E-state index contributed by atoms with van der Waals surface area (Å²) in [6, 6.07) is 11.4. The molecule has 8 heteroatoms. The zero-order chi connectivity index (χ0) is 15.9. The zero-order valence-electron chi connectivity index (χ0n) is 12.4. The quantitative estimate of drug-likeness (QED) is 0.560. The van der Waals surface area contributed by atoms with Gasteiger partial charge in [-0.3, -0.25) is 4.98 Å². The van der Waals surface area contributed by atoms with Crippen molar-refractivity contribution in [2.24, 2.45) is 0 Å². The Morgan fingerprint density at radius 3 is 2.75 bits per heavy atom. The van der Waals surface area contributed by atoms with Crippen LogP contribution in [0, 0.1) is 0 Å². The van der Waals surface area contributed by atoms with Crippen molar-refractivity contribution in [1.29, 1.82) is 0 Å². The van der Waals surface area contributed by atoms with Crippen LogP contribution in [0.3, 0.4) is 0 Å². The van der Waals surface area contributed by atoms with E-state index in [9.17, 15) is 0 Å². The first-order chi connectivity index (χ1) is 11.9. The molecule has 0 unspecified atom stereocenters. The standard InChI is InChI=1S/C16H11N5O2S/c1-2-4-12-11(3-1)22-9-13(23-12)14-18-19-16-21(14)20-15(24-16)10-5-7-17-8-6-10/h1-8,13H,9H2/t13-/m0/s1. The molecule has 4 aromatic rings. The summed E-state index contributed by atoms with van der Waals surface area (Å²) in [5.74, 6) is 2.08. The second-order valence-corrected chi connectivity index (χ2v) is 6.22. The van der Waals surface area contributed by atoms with Crippen LogP contribution < -0.4 is 9.47 Å². The monoisotopic (exact) mass is 337 g/mol. The molecule has 118 valence electrons. The fraction of sp³-hybridized carbons (Fsp3) is 0.125. The Kier molecular flexibility index (Phi) is 2.95. The molecule has 3 aromatic heterocycles. The molecule has 1 atom stereocenters. The molecule has 0 saturated heterocycles. The van der Waals surface area contributed by atoms with E-state index in [1.54, 1.807) is 16.9 Å². The Labute approximate surface area is 140 Å². The summed E-state index contributed by atoms with van der Waals surface area (Å²) >= 11 is 1.47. The molecule has 1 aliphatic heterocycles. The summed E-state index contributed by atoms with van der Waals surface area (Å²) in [5, 5.41) is 13.9. The van der Waals surface area contributed by atoms with Gasteiger partial charge >= 0.3 is 0 Å². The molecule has 4 heterocycles. The lowest BCUT2D eigenvalue weighted by molar-refractivity contribution is 0.0836. The largest absolute Gasteiger partial charge is 0.485 e. The number of pyridine rings is 1. The van der Waals surface area contributed by atoms with Gasteiger partial charge in [0.15, 0.2) is 23.4 Å². The fourth-order valence-electron chi connectivity index (χ4n) is 2.59. The lowest BCUT2D eigenvalue weighted by Crippen LogP contribution is -2.23. The van der Waals surface area contributed by atoms with Crippen molar-refractivity contribution in [3.8, 4) is 22.1 Å². The number of hydrogen-bond donors (Lipinski definition) is 0. The minimum Gasteiger partial charge on any atom is -0.485 e. The highest BCUT2D eigenvalue weighted by Crippen LogP contribution is 2.36. The Hall–Kier alpha value is -3.00. The number of para-hydroxylation sites is 2.